The minimum absolute atomic E-state index is 0.0128. The molecule has 108 valence electrons. The second kappa shape index (κ2) is 5.92. The number of halogens is 1. The maximum Gasteiger partial charge on any atom is 0.264 e. The Bertz CT molecular complexity index is 580. The van der Waals surface area contributed by atoms with Crippen molar-refractivity contribution in [2.45, 2.75) is 51.0 Å². The van der Waals surface area contributed by atoms with Gasteiger partial charge in [-0.05, 0) is 19.3 Å². The summed E-state index contributed by atoms with van der Waals surface area (Å²) in [5.74, 6) is -0.541. The number of rotatable bonds is 6. The predicted octanol–water partition coefficient (Wildman–Crippen LogP) is 1.37. The van der Waals surface area contributed by atoms with Gasteiger partial charge in [0.1, 0.15) is 10.9 Å². The lowest BCUT2D eigenvalue weighted by atomic mass is 10.2. The van der Waals surface area contributed by atoms with Gasteiger partial charge in [0.2, 0.25) is 5.91 Å². The van der Waals surface area contributed by atoms with Gasteiger partial charge in [0.25, 0.3) is 9.05 Å². The monoisotopic (exact) mass is 307 g/mol. The van der Waals surface area contributed by atoms with Crippen molar-refractivity contribution in [1.29, 1.82) is 0 Å². The third kappa shape index (κ3) is 3.09. The van der Waals surface area contributed by atoms with E-state index in [1.54, 1.807) is 20.8 Å². The van der Waals surface area contributed by atoms with Gasteiger partial charge in [-0.25, -0.2) is 8.42 Å². The smallest absolute Gasteiger partial charge is 0.264 e. The molecule has 0 fully saturated rings. The fourth-order valence-electron chi connectivity index (χ4n) is 2.09. The fourth-order valence-corrected chi connectivity index (χ4v) is 3.61. The van der Waals surface area contributed by atoms with Crippen LogP contribution in [0.5, 0.6) is 0 Å². The molecule has 0 spiro atoms. The summed E-state index contributed by atoms with van der Waals surface area (Å²) in [5, 5.41) is 4.21. The van der Waals surface area contributed by atoms with Crippen LogP contribution < -0.4 is 5.73 Å². The molecule has 19 heavy (non-hydrogen) atoms. The highest BCUT2D eigenvalue weighted by Gasteiger charge is 2.29. The van der Waals surface area contributed by atoms with E-state index in [-0.39, 0.29) is 4.90 Å². The molecule has 0 radical (unpaired) electrons. The number of nitrogens with zero attached hydrogens (tertiary/aromatic N) is 2. The van der Waals surface area contributed by atoms with Crippen LogP contribution in [0.25, 0.3) is 0 Å². The number of amides is 1. The molecular formula is C11H18ClN3O3S. The van der Waals surface area contributed by atoms with E-state index in [9.17, 15) is 13.2 Å². The SMILES string of the molecule is CCc1nn(C(CC)C(N)=O)c(CC)c1S(=O)(=O)Cl. The van der Waals surface area contributed by atoms with Crippen LogP contribution in [-0.2, 0) is 26.7 Å². The molecule has 1 rings (SSSR count). The summed E-state index contributed by atoms with van der Waals surface area (Å²) in [6.45, 7) is 5.35. The van der Waals surface area contributed by atoms with E-state index < -0.39 is 21.0 Å². The maximum absolute atomic E-state index is 11.7. The van der Waals surface area contributed by atoms with Crippen molar-refractivity contribution in [2.75, 3.05) is 0 Å². The summed E-state index contributed by atoms with van der Waals surface area (Å²) < 4.78 is 24.8. The van der Waals surface area contributed by atoms with Crippen molar-refractivity contribution < 1.29 is 13.2 Å². The average Bonchev–Trinajstić information content (AvgIpc) is 2.67. The van der Waals surface area contributed by atoms with Gasteiger partial charge in [0.05, 0.1) is 11.4 Å². The highest BCUT2D eigenvalue weighted by atomic mass is 35.7. The number of hydrogen-bond donors (Lipinski definition) is 1. The van der Waals surface area contributed by atoms with Gasteiger partial charge in [-0.15, -0.1) is 0 Å². The average molecular weight is 308 g/mol. The summed E-state index contributed by atoms with van der Waals surface area (Å²) in [6.07, 6.45) is 1.25. The molecule has 6 nitrogen and oxygen atoms in total. The molecule has 1 heterocycles. The largest absolute Gasteiger partial charge is 0.368 e. The van der Waals surface area contributed by atoms with E-state index in [4.69, 9.17) is 16.4 Å². The maximum atomic E-state index is 11.7. The van der Waals surface area contributed by atoms with Crippen LogP contribution in [-0.4, -0.2) is 24.1 Å². The van der Waals surface area contributed by atoms with Crippen LogP contribution in [0.15, 0.2) is 4.90 Å². The van der Waals surface area contributed by atoms with Gasteiger partial charge in [-0.2, -0.15) is 5.10 Å². The van der Waals surface area contributed by atoms with Gasteiger partial charge in [0.15, 0.2) is 0 Å². The van der Waals surface area contributed by atoms with Gasteiger partial charge in [-0.3, -0.25) is 9.48 Å². The molecule has 1 aromatic rings. The topological polar surface area (TPSA) is 95.1 Å². The van der Waals surface area contributed by atoms with Crippen molar-refractivity contribution in [2.24, 2.45) is 5.73 Å². The number of aryl methyl sites for hydroxylation is 1. The minimum atomic E-state index is -3.90. The Kier molecular flexibility index (Phi) is 4.98. The molecule has 0 saturated heterocycles. The lowest BCUT2D eigenvalue weighted by molar-refractivity contribution is -0.121. The van der Waals surface area contributed by atoms with Crippen molar-refractivity contribution in [3.8, 4) is 0 Å². The van der Waals surface area contributed by atoms with Crippen molar-refractivity contribution >= 4 is 25.6 Å². The lowest BCUT2D eigenvalue weighted by Gasteiger charge is -2.14. The Hall–Kier alpha value is -1.08. The summed E-state index contributed by atoms with van der Waals surface area (Å²) in [6, 6.07) is -0.660. The van der Waals surface area contributed by atoms with Crippen LogP contribution in [0.2, 0.25) is 0 Å². The molecule has 0 aliphatic rings. The number of aromatic nitrogens is 2. The van der Waals surface area contributed by atoms with Gasteiger partial charge >= 0.3 is 0 Å². The van der Waals surface area contributed by atoms with E-state index in [1.165, 1.54) is 4.68 Å². The summed E-state index contributed by atoms with van der Waals surface area (Å²) in [7, 11) is 1.57. The zero-order valence-corrected chi connectivity index (χ0v) is 12.8. The van der Waals surface area contributed by atoms with Crippen LogP contribution in [0.3, 0.4) is 0 Å². The normalized spacial score (nSPS) is 13.5. The number of nitrogens with two attached hydrogens (primary N) is 1. The van der Waals surface area contributed by atoms with Crippen molar-refractivity contribution in [3.05, 3.63) is 11.4 Å². The van der Waals surface area contributed by atoms with E-state index in [2.05, 4.69) is 5.10 Å². The molecule has 0 aromatic carbocycles. The molecule has 0 bridgehead atoms. The number of carbonyl (C=O) groups is 1. The first-order valence-corrected chi connectivity index (χ1v) is 8.42. The van der Waals surface area contributed by atoms with Crippen molar-refractivity contribution in [1.82, 2.24) is 9.78 Å². The Morgan fingerprint density at radius 2 is 1.95 bits per heavy atom. The third-order valence-corrected chi connectivity index (χ3v) is 4.37. The summed E-state index contributed by atoms with van der Waals surface area (Å²) in [5.41, 5.74) is 6.13. The Balaban J connectivity index is 3.60. The molecule has 0 aliphatic carbocycles. The Morgan fingerprint density at radius 3 is 2.26 bits per heavy atom. The quantitative estimate of drug-likeness (QED) is 0.803. The molecule has 2 N–H and O–H groups in total. The lowest BCUT2D eigenvalue weighted by Crippen LogP contribution is -2.28. The van der Waals surface area contributed by atoms with Crippen LogP contribution >= 0.6 is 10.7 Å². The standard InChI is InChI=1S/C11H18ClN3O3S/c1-4-7-10(19(12,17)18)8(5-2)15(14-7)9(6-3)11(13)16/h9H,4-6H2,1-3H3,(H2,13,16). The molecular weight excluding hydrogens is 290 g/mol. The first kappa shape index (κ1) is 16.0. The highest BCUT2D eigenvalue weighted by Crippen LogP contribution is 2.28. The number of primary amides is 1. The molecule has 0 aliphatic heterocycles. The fraction of sp³-hybridized carbons (Fsp3) is 0.636. The Labute approximate surface area is 117 Å². The van der Waals surface area contributed by atoms with E-state index in [1.807, 2.05) is 0 Å². The molecule has 1 atom stereocenters. The third-order valence-electron chi connectivity index (χ3n) is 2.95. The molecule has 1 aromatic heterocycles. The number of hydrogen-bond acceptors (Lipinski definition) is 4. The summed E-state index contributed by atoms with van der Waals surface area (Å²) >= 11 is 0. The number of carbonyl (C=O) groups excluding carboxylic acids is 1. The first-order valence-electron chi connectivity index (χ1n) is 6.12. The van der Waals surface area contributed by atoms with Gasteiger partial charge in [-0.1, -0.05) is 20.8 Å². The van der Waals surface area contributed by atoms with Crippen molar-refractivity contribution in [3.63, 3.8) is 0 Å². The minimum Gasteiger partial charge on any atom is -0.368 e. The Morgan fingerprint density at radius 1 is 1.37 bits per heavy atom. The zero-order chi connectivity index (χ0) is 14.8. The zero-order valence-electron chi connectivity index (χ0n) is 11.2. The summed E-state index contributed by atoms with van der Waals surface area (Å²) in [4.78, 5) is 11.4. The van der Waals surface area contributed by atoms with Crippen LogP contribution in [0.4, 0.5) is 0 Å². The second-order valence-corrected chi connectivity index (χ2v) is 6.64. The molecule has 0 saturated carbocycles. The first-order chi connectivity index (χ1) is 8.77. The van der Waals surface area contributed by atoms with E-state index in [0.29, 0.717) is 30.7 Å². The van der Waals surface area contributed by atoms with E-state index >= 15 is 0 Å². The molecule has 8 heteroatoms. The highest BCUT2D eigenvalue weighted by molar-refractivity contribution is 8.13. The van der Waals surface area contributed by atoms with Gasteiger partial charge < -0.3 is 5.73 Å². The molecule has 1 unspecified atom stereocenters. The predicted molar refractivity (Wildman–Crippen MR) is 72.5 cm³/mol. The molecule has 1 amide bonds. The van der Waals surface area contributed by atoms with Crippen LogP contribution in [0.1, 0.15) is 44.6 Å². The van der Waals surface area contributed by atoms with Crippen LogP contribution in [0, 0.1) is 0 Å². The van der Waals surface area contributed by atoms with E-state index in [0.717, 1.165) is 0 Å². The second-order valence-electron chi connectivity index (χ2n) is 4.14. The van der Waals surface area contributed by atoms with Gasteiger partial charge in [0, 0.05) is 10.7 Å².